The van der Waals surface area contributed by atoms with Gasteiger partial charge in [-0.2, -0.15) is 0 Å². The van der Waals surface area contributed by atoms with E-state index in [1.807, 2.05) is 12.1 Å². The molecule has 1 fully saturated rings. The average molecular weight is 298 g/mol. The maximum atomic E-state index is 12.3. The highest BCUT2D eigenvalue weighted by Crippen LogP contribution is 2.30. The van der Waals surface area contributed by atoms with Crippen molar-refractivity contribution in [2.75, 3.05) is 6.54 Å². The molecule has 1 aliphatic carbocycles. The number of benzene rings is 1. The molecule has 114 valence electrons. The quantitative estimate of drug-likeness (QED) is 0.834. The second-order valence-corrected chi connectivity index (χ2v) is 6.09. The second-order valence-electron chi connectivity index (χ2n) is 6.09. The van der Waals surface area contributed by atoms with Gasteiger partial charge < -0.3 is 15.0 Å². The van der Waals surface area contributed by atoms with Crippen molar-refractivity contribution < 1.29 is 14.3 Å². The van der Waals surface area contributed by atoms with E-state index < -0.39 is 0 Å². The first kappa shape index (κ1) is 13.4. The fourth-order valence-corrected chi connectivity index (χ4v) is 3.41. The molecule has 2 aliphatic rings. The van der Waals surface area contributed by atoms with Gasteiger partial charge in [-0.1, -0.05) is 0 Å². The molecule has 1 aromatic heterocycles. The summed E-state index contributed by atoms with van der Waals surface area (Å²) in [5, 5.41) is 3.80. The Morgan fingerprint density at radius 3 is 2.91 bits per heavy atom. The summed E-state index contributed by atoms with van der Waals surface area (Å²) in [6, 6.07) is 5.65. The van der Waals surface area contributed by atoms with Crippen molar-refractivity contribution in [1.29, 1.82) is 0 Å². The lowest BCUT2D eigenvalue weighted by atomic mass is 9.95. The van der Waals surface area contributed by atoms with Crippen LogP contribution in [0.1, 0.15) is 40.9 Å². The van der Waals surface area contributed by atoms with E-state index >= 15 is 0 Å². The van der Waals surface area contributed by atoms with Crippen LogP contribution in [0.15, 0.2) is 18.2 Å². The summed E-state index contributed by atoms with van der Waals surface area (Å²) in [5.74, 6) is -0.415. The summed E-state index contributed by atoms with van der Waals surface area (Å²) >= 11 is 0. The number of rotatable bonds is 2. The Hall–Kier alpha value is -2.30. The van der Waals surface area contributed by atoms with Crippen molar-refractivity contribution in [1.82, 2.24) is 10.3 Å². The fraction of sp³-hybridized carbons (Fsp3) is 0.412. The van der Waals surface area contributed by atoms with Crippen LogP contribution in [0.3, 0.4) is 0 Å². The lowest BCUT2D eigenvalue weighted by molar-refractivity contribution is -0.119. The summed E-state index contributed by atoms with van der Waals surface area (Å²) < 4.78 is 5.40. The normalized spacial score (nSPS) is 20.7. The molecule has 5 nitrogen and oxygen atoms in total. The maximum absolute atomic E-state index is 12.3. The highest BCUT2D eigenvalue weighted by atomic mass is 16.5. The zero-order valence-corrected chi connectivity index (χ0v) is 12.3. The van der Waals surface area contributed by atoms with Crippen LogP contribution in [-0.4, -0.2) is 29.5 Å². The predicted molar refractivity (Wildman–Crippen MR) is 81.8 cm³/mol. The summed E-state index contributed by atoms with van der Waals surface area (Å²) in [4.78, 5) is 26.9. The summed E-state index contributed by atoms with van der Waals surface area (Å²) in [5.41, 5.74) is 4.28. The van der Waals surface area contributed by atoms with Crippen molar-refractivity contribution in [3.63, 3.8) is 0 Å². The molecule has 2 N–H and O–H groups in total. The fourth-order valence-electron chi connectivity index (χ4n) is 3.41. The van der Waals surface area contributed by atoms with Gasteiger partial charge in [-0.15, -0.1) is 0 Å². The molecule has 1 aliphatic heterocycles. The number of esters is 1. The number of nitrogens with one attached hydrogen (secondary N) is 2. The lowest BCUT2D eigenvalue weighted by Crippen LogP contribution is -2.21. The van der Waals surface area contributed by atoms with Crippen LogP contribution in [-0.2, 0) is 22.4 Å². The lowest BCUT2D eigenvalue weighted by Gasteiger charge is -2.11. The second kappa shape index (κ2) is 5.16. The molecule has 0 saturated carbocycles. The van der Waals surface area contributed by atoms with E-state index in [4.69, 9.17) is 4.74 Å². The number of carbonyl (C=O) groups excluding carboxylic acids is 2. The highest BCUT2D eigenvalue weighted by molar-refractivity contribution is 5.96. The molecule has 0 unspecified atom stereocenters. The molecule has 2 heterocycles. The first-order valence-corrected chi connectivity index (χ1v) is 7.82. The van der Waals surface area contributed by atoms with Crippen LogP contribution in [0.25, 0.3) is 10.9 Å². The number of aromatic amines is 1. The van der Waals surface area contributed by atoms with Crippen LogP contribution in [0.2, 0.25) is 0 Å². The van der Waals surface area contributed by atoms with Crippen molar-refractivity contribution in [2.24, 2.45) is 0 Å². The average Bonchev–Trinajstić information content (AvgIpc) is 3.10. The zero-order valence-electron chi connectivity index (χ0n) is 12.3. The van der Waals surface area contributed by atoms with Crippen molar-refractivity contribution in [3.05, 3.63) is 35.0 Å². The van der Waals surface area contributed by atoms with Crippen LogP contribution in [0, 0.1) is 0 Å². The van der Waals surface area contributed by atoms with E-state index in [0.29, 0.717) is 12.1 Å². The van der Waals surface area contributed by atoms with Gasteiger partial charge >= 0.3 is 5.97 Å². The van der Waals surface area contributed by atoms with Gasteiger partial charge in [-0.3, -0.25) is 4.79 Å². The van der Waals surface area contributed by atoms with E-state index in [0.717, 1.165) is 23.7 Å². The van der Waals surface area contributed by atoms with Crippen LogP contribution in [0.4, 0.5) is 0 Å². The molecule has 1 aromatic carbocycles. The molecule has 2 aromatic rings. The van der Waals surface area contributed by atoms with Crippen molar-refractivity contribution in [2.45, 2.75) is 38.2 Å². The van der Waals surface area contributed by atoms with E-state index in [1.165, 1.54) is 24.1 Å². The molecule has 1 amide bonds. The summed E-state index contributed by atoms with van der Waals surface area (Å²) in [6.45, 7) is 0.409. The van der Waals surface area contributed by atoms with Crippen LogP contribution < -0.4 is 5.32 Å². The molecular formula is C17H18N2O3. The molecule has 4 rings (SSSR count). The van der Waals surface area contributed by atoms with Gasteiger partial charge in [0.25, 0.3) is 0 Å². The summed E-state index contributed by atoms with van der Waals surface area (Å²) in [6.07, 6.45) is 4.47. The number of hydrogen-bond donors (Lipinski definition) is 2. The molecule has 5 heteroatoms. The van der Waals surface area contributed by atoms with E-state index in [1.54, 1.807) is 6.07 Å². The third-order valence-corrected chi connectivity index (χ3v) is 4.55. The third-order valence-electron chi connectivity index (χ3n) is 4.55. The van der Waals surface area contributed by atoms with E-state index in [2.05, 4.69) is 10.3 Å². The third kappa shape index (κ3) is 2.26. The first-order valence-electron chi connectivity index (χ1n) is 7.82. The maximum Gasteiger partial charge on any atom is 0.338 e. The molecule has 0 radical (unpaired) electrons. The van der Waals surface area contributed by atoms with Gasteiger partial charge in [-0.05, 0) is 49.4 Å². The van der Waals surface area contributed by atoms with Gasteiger partial charge in [0, 0.05) is 16.6 Å². The van der Waals surface area contributed by atoms with E-state index in [-0.39, 0.29) is 24.4 Å². The van der Waals surface area contributed by atoms with Gasteiger partial charge in [-0.25, -0.2) is 4.79 Å². The number of amides is 1. The number of ether oxygens (including phenoxy) is 1. The van der Waals surface area contributed by atoms with Gasteiger partial charge in [0.1, 0.15) is 6.10 Å². The molecule has 0 bridgehead atoms. The van der Waals surface area contributed by atoms with E-state index in [9.17, 15) is 9.59 Å². The zero-order chi connectivity index (χ0) is 15.1. The molecule has 1 atom stereocenters. The minimum absolute atomic E-state index is 0.0621. The number of fused-ring (bicyclic) bond motifs is 3. The predicted octanol–water partition coefficient (Wildman–Crippen LogP) is 2.09. The standard InChI is InChI=1S/C17H18N2O3/c20-16-8-11(9-18-16)22-17(21)10-5-6-15-13(7-10)12-3-1-2-4-14(12)19-15/h5-7,11,19H,1-4,8-9H2,(H,18,20)/t11-/m1/s1. The molecule has 1 saturated heterocycles. The minimum Gasteiger partial charge on any atom is -0.456 e. The topological polar surface area (TPSA) is 71.2 Å². The van der Waals surface area contributed by atoms with Gasteiger partial charge in [0.15, 0.2) is 0 Å². The Morgan fingerprint density at radius 1 is 1.23 bits per heavy atom. The Balaban J connectivity index is 1.61. The smallest absolute Gasteiger partial charge is 0.338 e. The number of hydrogen-bond acceptors (Lipinski definition) is 3. The Labute approximate surface area is 128 Å². The highest BCUT2D eigenvalue weighted by Gasteiger charge is 2.25. The molecule has 0 spiro atoms. The number of H-pyrrole nitrogens is 1. The Kier molecular flexibility index (Phi) is 3.13. The first-order chi connectivity index (χ1) is 10.7. The molecule has 22 heavy (non-hydrogen) atoms. The van der Waals surface area contributed by atoms with Gasteiger partial charge in [0.2, 0.25) is 5.91 Å². The number of aryl methyl sites for hydroxylation is 2. The monoisotopic (exact) mass is 298 g/mol. The van der Waals surface area contributed by atoms with Gasteiger partial charge in [0.05, 0.1) is 18.5 Å². The Bertz CT molecular complexity index is 763. The SMILES string of the molecule is O=C1C[C@@H](OC(=O)c2ccc3[nH]c4c(c3c2)CCCC4)CN1. The minimum atomic E-state index is -0.353. The van der Waals surface area contributed by atoms with Crippen LogP contribution >= 0.6 is 0 Å². The number of aromatic nitrogens is 1. The Morgan fingerprint density at radius 2 is 2.09 bits per heavy atom. The van der Waals surface area contributed by atoms with Crippen molar-refractivity contribution >= 4 is 22.8 Å². The summed E-state index contributed by atoms with van der Waals surface area (Å²) in [7, 11) is 0. The number of carbonyl (C=O) groups is 2. The largest absolute Gasteiger partial charge is 0.456 e. The molecular weight excluding hydrogens is 280 g/mol. The van der Waals surface area contributed by atoms with Crippen LogP contribution in [0.5, 0.6) is 0 Å². The van der Waals surface area contributed by atoms with Crippen molar-refractivity contribution in [3.8, 4) is 0 Å².